The van der Waals surface area contributed by atoms with Crippen LogP contribution in [-0.2, 0) is 4.79 Å². The average Bonchev–Trinajstić information content (AvgIpc) is 2.18. The lowest BCUT2D eigenvalue weighted by Crippen LogP contribution is -2.38. The van der Waals surface area contributed by atoms with E-state index in [0.29, 0.717) is 0 Å². The lowest BCUT2D eigenvalue weighted by Gasteiger charge is -2.24. The Labute approximate surface area is 92.9 Å². The second-order valence-corrected chi connectivity index (χ2v) is 3.70. The third-order valence-corrected chi connectivity index (χ3v) is 2.53. The molecule has 0 saturated heterocycles. The monoisotopic (exact) mass is 216 g/mol. The highest BCUT2D eigenvalue weighted by Crippen LogP contribution is 1.94. The molecule has 4 nitrogen and oxygen atoms in total. The molecular formula is C11H24N2O2. The molecule has 0 fully saturated rings. The van der Waals surface area contributed by atoms with Crippen molar-refractivity contribution >= 4 is 5.97 Å². The molecule has 0 aliphatic rings. The SMILES string of the molecule is CCCN(CCN(CC)CC)CC(=O)O. The second-order valence-electron chi connectivity index (χ2n) is 3.70. The van der Waals surface area contributed by atoms with Gasteiger partial charge < -0.3 is 10.0 Å². The Morgan fingerprint density at radius 2 is 1.53 bits per heavy atom. The minimum Gasteiger partial charge on any atom is -0.480 e. The van der Waals surface area contributed by atoms with E-state index in [2.05, 4.69) is 25.7 Å². The van der Waals surface area contributed by atoms with Crippen LogP contribution in [0.3, 0.4) is 0 Å². The number of carboxylic acids is 1. The number of carbonyl (C=O) groups is 1. The van der Waals surface area contributed by atoms with E-state index in [1.807, 2.05) is 4.90 Å². The zero-order valence-electron chi connectivity index (χ0n) is 10.2. The number of rotatable bonds is 9. The molecule has 0 aromatic carbocycles. The van der Waals surface area contributed by atoms with Crippen LogP contribution in [0.2, 0.25) is 0 Å². The van der Waals surface area contributed by atoms with Crippen LogP contribution < -0.4 is 0 Å². The summed E-state index contributed by atoms with van der Waals surface area (Å²) in [5.41, 5.74) is 0. The minimum atomic E-state index is -0.733. The van der Waals surface area contributed by atoms with Gasteiger partial charge in [0.2, 0.25) is 0 Å². The molecule has 0 heterocycles. The zero-order valence-corrected chi connectivity index (χ0v) is 10.2. The lowest BCUT2D eigenvalue weighted by atomic mass is 10.3. The van der Waals surface area contributed by atoms with Gasteiger partial charge in [-0.25, -0.2) is 0 Å². The summed E-state index contributed by atoms with van der Waals surface area (Å²) in [6.45, 7) is 11.2. The van der Waals surface area contributed by atoms with Gasteiger partial charge in [0, 0.05) is 13.1 Å². The molecule has 1 N–H and O–H groups in total. The maximum atomic E-state index is 10.6. The van der Waals surface area contributed by atoms with Gasteiger partial charge in [0.05, 0.1) is 6.54 Å². The Morgan fingerprint density at radius 1 is 1.00 bits per heavy atom. The van der Waals surface area contributed by atoms with Crippen molar-refractivity contribution in [2.24, 2.45) is 0 Å². The summed E-state index contributed by atoms with van der Waals surface area (Å²) < 4.78 is 0. The van der Waals surface area contributed by atoms with Crippen LogP contribution in [0.5, 0.6) is 0 Å². The van der Waals surface area contributed by atoms with Crippen molar-refractivity contribution in [3.8, 4) is 0 Å². The molecule has 0 aliphatic heterocycles. The average molecular weight is 216 g/mol. The van der Waals surface area contributed by atoms with E-state index >= 15 is 0 Å². The molecule has 0 atom stereocenters. The second kappa shape index (κ2) is 8.68. The first-order valence-corrected chi connectivity index (χ1v) is 5.80. The van der Waals surface area contributed by atoms with Crippen molar-refractivity contribution in [3.05, 3.63) is 0 Å². The third-order valence-electron chi connectivity index (χ3n) is 2.53. The standard InChI is InChI=1S/C11H24N2O2/c1-4-7-13(10-11(14)15)9-8-12(5-2)6-3/h4-10H2,1-3H3,(H,14,15). The molecular weight excluding hydrogens is 192 g/mol. The first-order chi connectivity index (χ1) is 7.13. The topological polar surface area (TPSA) is 43.8 Å². The van der Waals surface area contributed by atoms with Crippen LogP contribution in [0.15, 0.2) is 0 Å². The Morgan fingerprint density at radius 3 is 1.93 bits per heavy atom. The van der Waals surface area contributed by atoms with Crippen LogP contribution in [-0.4, -0.2) is 60.1 Å². The fraction of sp³-hybridized carbons (Fsp3) is 0.909. The van der Waals surface area contributed by atoms with Crippen LogP contribution in [0.1, 0.15) is 27.2 Å². The first-order valence-electron chi connectivity index (χ1n) is 5.80. The zero-order chi connectivity index (χ0) is 11.7. The van der Waals surface area contributed by atoms with E-state index < -0.39 is 5.97 Å². The Hall–Kier alpha value is -0.610. The normalized spacial score (nSPS) is 11.3. The van der Waals surface area contributed by atoms with Gasteiger partial charge in [0.15, 0.2) is 0 Å². The molecule has 0 aliphatic carbocycles. The van der Waals surface area contributed by atoms with E-state index in [4.69, 9.17) is 5.11 Å². The first kappa shape index (κ1) is 14.4. The smallest absolute Gasteiger partial charge is 0.317 e. The van der Waals surface area contributed by atoms with Gasteiger partial charge in [-0.05, 0) is 26.1 Å². The predicted octanol–water partition coefficient (Wildman–Crippen LogP) is 1.12. The van der Waals surface area contributed by atoms with Gasteiger partial charge >= 0.3 is 5.97 Å². The molecule has 15 heavy (non-hydrogen) atoms. The van der Waals surface area contributed by atoms with Gasteiger partial charge in [0.1, 0.15) is 0 Å². The summed E-state index contributed by atoms with van der Waals surface area (Å²) in [5.74, 6) is -0.733. The molecule has 0 radical (unpaired) electrons. The highest BCUT2D eigenvalue weighted by molar-refractivity contribution is 5.69. The Kier molecular flexibility index (Phi) is 8.33. The van der Waals surface area contributed by atoms with Crippen LogP contribution in [0.25, 0.3) is 0 Å². The predicted molar refractivity (Wildman–Crippen MR) is 62.2 cm³/mol. The molecule has 0 aromatic heterocycles. The summed E-state index contributed by atoms with van der Waals surface area (Å²) in [5, 5.41) is 8.73. The Bertz CT molecular complexity index is 170. The summed E-state index contributed by atoms with van der Waals surface area (Å²) in [6.07, 6.45) is 1.01. The quantitative estimate of drug-likeness (QED) is 0.627. The molecule has 0 amide bonds. The molecule has 0 aromatic rings. The van der Waals surface area contributed by atoms with E-state index in [-0.39, 0.29) is 6.54 Å². The largest absolute Gasteiger partial charge is 0.480 e. The molecule has 0 spiro atoms. The maximum absolute atomic E-state index is 10.6. The minimum absolute atomic E-state index is 0.162. The fourth-order valence-electron chi connectivity index (χ4n) is 1.60. The summed E-state index contributed by atoms with van der Waals surface area (Å²) in [4.78, 5) is 14.9. The van der Waals surface area contributed by atoms with Gasteiger partial charge in [-0.3, -0.25) is 9.69 Å². The lowest BCUT2D eigenvalue weighted by molar-refractivity contribution is -0.138. The van der Waals surface area contributed by atoms with Gasteiger partial charge in [0.25, 0.3) is 0 Å². The van der Waals surface area contributed by atoms with Crippen molar-refractivity contribution < 1.29 is 9.90 Å². The van der Waals surface area contributed by atoms with Gasteiger partial charge in [-0.2, -0.15) is 0 Å². The van der Waals surface area contributed by atoms with Crippen molar-refractivity contribution in [1.82, 2.24) is 9.80 Å². The molecule has 0 unspecified atom stereocenters. The number of carboxylic acid groups (broad SMARTS) is 1. The fourth-order valence-corrected chi connectivity index (χ4v) is 1.60. The summed E-state index contributed by atoms with van der Waals surface area (Å²) in [7, 11) is 0. The van der Waals surface area contributed by atoms with Gasteiger partial charge in [-0.1, -0.05) is 20.8 Å². The number of likely N-dealkylation sites (N-methyl/N-ethyl adjacent to an activating group) is 1. The third kappa shape index (κ3) is 7.33. The highest BCUT2D eigenvalue weighted by atomic mass is 16.4. The van der Waals surface area contributed by atoms with Gasteiger partial charge in [-0.15, -0.1) is 0 Å². The number of hydrogen-bond donors (Lipinski definition) is 1. The van der Waals surface area contributed by atoms with Crippen molar-refractivity contribution in [3.63, 3.8) is 0 Å². The molecule has 0 rings (SSSR count). The van der Waals surface area contributed by atoms with Crippen LogP contribution in [0, 0.1) is 0 Å². The summed E-state index contributed by atoms with van der Waals surface area (Å²) in [6, 6.07) is 0. The van der Waals surface area contributed by atoms with E-state index in [1.54, 1.807) is 0 Å². The van der Waals surface area contributed by atoms with Crippen molar-refractivity contribution in [2.45, 2.75) is 27.2 Å². The molecule has 4 heteroatoms. The number of nitrogens with zero attached hydrogens (tertiary/aromatic N) is 2. The van der Waals surface area contributed by atoms with E-state index in [1.165, 1.54) is 0 Å². The van der Waals surface area contributed by atoms with Crippen LogP contribution >= 0.6 is 0 Å². The molecule has 90 valence electrons. The van der Waals surface area contributed by atoms with Crippen molar-refractivity contribution in [1.29, 1.82) is 0 Å². The van der Waals surface area contributed by atoms with E-state index in [0.717, 1.165) is 39.1 Å². The number of aliphatic carboxylic acids is 1. The number of hydrogen-bond acceptors (Lipinski definition) is 3. The summed E-state index contributed by atoms with van der Waals surface area (Å²) >= 11 is 0. The molecule has 0 saturated carbocycles. The molecule has 0 bridgehead atoms. The maximum Gasteiger partial charge on any atom is 0.317 e. The Balaban J connectivity index is 3.88. The van der Waals surface area contributed by atoms with Crippen molar-refractivity contribution in [2.75, 3.05) is 39.3 Å². The van der Waals surface area contributed by atoms with Crippen LogP contribution in [0.4, 0.5) is 0 Å². The van der Waals surface area contributed by atoms with E-state index in [9.17, 15) is 4.79 Å². The highest BCUT2D eigenvalue weighted by Gasteiger charge is 2.09.